The van der Waals surface area contributed by atoms with E-state index in [4.69, 9.17) is 9.47 Å². The van der Waals surface area contributed by atoms with Crippen LogP contribution in [0, 0.1) is 5.82 Å². The number of morpholine rings is 1. The molecule has 98 valence electrons. The van der Waals surface area contributed by atoms with Crippen molar-refractivity contribution in [2.75, 3.05) is 49.7 Å². The standard InChI is InChI=1S/C13H17FN2O2/c14-12-7-10(15-8-11-9-18-11)1-2-13(12)16-3-5-17-6-4-16/h1-2,7,11,15H,3-6,8-9H2/t11-/m0/s1. The molecule has 0 saturated carbocycles. The number of hydrogen-bond acceptors (Lipinski definition) is 4. The van der Waals surface area contributed by atoms with Crippen molar-refractivity contribution in [2.24, 2.45) is 0 Å². The number of hydrogen-bond donors (Lipinski definition) is 1. The Morgan fingerprint density at radius 2 is 2.11 bits per heavy atom. The molecule has 0 unspecified atom stereocenters. The second-order valence-electron chi connectivity index (χ2n) is 4.60. The van der Waals surface area contributed by atoms with Crippen LogP contribution in [0.1, 0.15) is 0 Å². The number of halogens is 1. The second-order valence-corrected chi connectivity index (χ2v) is 4.60. The average Bonchev–Trinajstić information content (AvgIpc) is 3.21. The van der Waals surface area contributed by atoms with Crippen molar-refractivity contribution in [3.05, 3.63) is 24.0 Å². The summed E-state index contributed by atoms with van der Waals surface area (Å²) < 4.78 is 24.4. The Balaban J connectivity index is 1.66. The van der Waals surface area contributed by atoms with Gasteiger partial charge in [0.1, 0.15) is 5.82 Å². The van der Waals surface area contributed by atoms with Crippen LogP contribution in [0.2, 0.25) is 0 Å². The van der Waals surface area contributed by atoms with Gasteiger partial charge >= 0.3 is 0 Å². The van der Waals surface area contributed by atoms with Crippen LogP contribution in [-0.4, -0.2) is 45.6 Å². The van der Waals surface area contributed by atoms with Gasteiger partial charge in [0.05, 0.1) is 31.6 Å². The molecule has 0 radical (unpaired) electrons. The van der Waals surface area contributed by atoms with Gasteiger partial charge in [-0.1, -0.05) is 0 Å². The van der Waals surface area contributed by atoms with Crippen LogP contribution in [0.4, 0.5) is 15.8 Å². The van der Waals surface area contributed by atoms with Gasteiger partial charge < -0.3 is 19.7 Å². The molecule has 2 heterocycles. The lowest BCUT2D eigenvalue weighted by Gasteiger charge is -2.29. The average molecular weight is 252 g/mol. The summed E-state index contributed by atoms with van der Waals surface area (Å²) in [6, 6.07) is 5.29. The van der Waals surface area contributed by atoms with E-state index in [1.165, 1.54) is 0 Å². The summed E-state index contributed by atoms with van der Waals surface area (Å²) in [5.41, 5.74) is 1.46. The molecule has 5 heteroatoms. The van der Waals surface area contributed by atoms with E-state index in [-0.39, 0.29) is 5.82 Å². The van der Waals surface area contributed by atoms with Gasteiger partial charge in [0, 0.05) is 25.3 Å². The number of epoxide rings is 1. The van der Waals surface area contributed by atoms with Gasteiger partial charge in [-0.3, -0.25) is 0 Å². The molecule has 0 spiro atoms. The second kappa shape index (κ2) is 5.12. The van der Waals surface area contributed by atoms with Crippen molar-refractivity contribution in [1.29, 1.82) is 0 Å². The maximum Gasteiger partial charge on any atom is 0.148 e. The van der Waals surface area contributed by atoms with Gasteiger partial charge in [-0.05, 0) is 18.2 Å². The van der Waals surface area contributed by atoms with Crippen LogP contribution >= 0.6 is 0 Å². The molecule has 1 atom stereocenters. The number of nitrogens with one attached hydrogen (secondary N) is 1. The fraction of sp³-hybridized carbons (Fsp3) is 0.538. The first-order chi connectivity index (χ1) is 8.83. The maximum absolute atomic E-state index is 14.0. The normalized spacial score (nSPS) is 22.9. The van der Waals surface area contributed by atoms with E-state index in [1.807, 2.05) is 17.0 Å². The molecule has 1 aromatic carbocycles. The molecule has 4 nitrogen and oxygen atoms in total. The number of nitrogens with zero attached hydrogens (tertiary/aromatic N) is 1. The minimum absolute atomic E-state index is 0.182. The van der Waals surface area contributed by atoms with Crippen LogP contribution in [0.15, 0.2) is 18.2 Å². The summed E-state index contributed by atoms with van der Waals surface area (Å²) in [7, 11) is 0. The minimum atomic E-state index is -0.182. The topological polar surface area (TPSA) is 37.0 Å². The number of anilines is 2. The molecule has 3 rings (SSSR count). The van der Waals surface area contributed by atoms with Crippen molar-refractivity contribution >= 4 is 11.4 Å². The summed E-state index contributed by atoms with van der Waals surface area (Å²) in [6.45, 7) is 4.38. The number of ether oxygens (including phenoxy) is 2. The van der Waals surface area contributed by atoms with E-state index in [2.05, 4.69) is 5.32 Å². The number of rotatable bonds is 4. The van der Waals surface area contributed by atoms with E-state index in [1.54, 1.807) is 6.07 Å². The van der Waals surface area contributed by atoms with Crippen LogP contribution in [0.5, 0.6) is 0 Å². The largest absolute Gasteiger partial charge is 0.382 e. The van der Waals surface area contributed by atoms with Crippen molar-refractivity contribution < 1.29 is 13.9 Å². The molecule has 0 amide bonds. The lowest BCUT2D eigenvalue weighted by atomic mass is 10.2. The van der Waals surface area contributed by atoms with Gasteiger partial charge in [-0.2, -0.15) is 0 Å². The van der Waals surface area contributed by atoms with Crippen molar-refractivity contribution in [1.82, 2.24) is 0 Å². The van der Waals surface area contributed by atoms with Crippen molar-refractivity contribution in [3.63, 3.8) is 0 Å². The van der Waals surface area contributed by atoms with Crippen molar-refractivity contribution in [2.45, 2.75) is 6.10 Å². The smallest absolute Gasteiger partial charge is 0.148 e. The van der Waals surface area contributed by atoms with E-state index >= 15 is 0 Å². The minimum Gasteiger partial charge on any atom is -0.382 e. The van der Waals surface area contributed by atoms with Crippen LogP contribution in [-0.2, 0) is 9.47 Å². The Labute approximate surface area is 106 Å². The fourth-order valence-corrected chi connectivity index (χ4v) is 2.10. The molecule has 0 aromatic heterocycles. The Morgan fingerprint density at radius 1 is 1.33 bits per heavy atom. The Bertz CT molecular complexity index is 417. The van der Waals surface area contributed by atoms with Crippen molar-refractivity contribution in [3.8, 4) is 0 Å². The fourth-order valence-electron chi connectivity index (χ4n) is 2.10. The van der Waals surface area contributed by atoms with E-state index in [0.717, 1.165) is 31.9 Å². The zero-order valence-electron chi connectivity index (χ0n) is 10.2. The van der Waals surface area contributed by atoms with Crippen LogP contribution < -0.4 is 10.2 Å². The monoisotopic (exact) mass is 252 g/mol. The summed E-state index contributed by atoms with van der Waals surface area (Å²) in [6.07, 6.45) is 0.298. The molecule has 0 bridgehead atoms. The van der Waals surface area contributed by atoms with E-state index < -0.39 is 0 Å². The summed E-state index contributed by atoms with van der Waals surface area (Å²) >= 11 is 0. The maximum atomic E-state index is 14.0. The lowest BCUT2D eigenvalue weighted by Crippen LogP contribution is -2.36. The first-order valence-corrected chi connectivity index (χ1v) is 6.30. The Kier molecular flexibility index (Phi) is 3.34. The third-order valence-electron chi connectivity index (χ3n) is 3.24. The lowest BCUT2D eigenvalue weighted by molar-refractivity contribution is 0.122. The summed E-state index contributed by atoms with van der Waals surface area (Å²) in [4.78, 5) is 2.02. The summed E-state index contributed by atoms with van der Waals surface area (Å²) in [5, 5.41) is 3.17. The molecule has 2 saturated heterocycles. The molecule has 2 fully saturated rings. The highest BCUT2D eigenvalue weighted by Crippen LogP contribution is 2.24. The SMILES string of the molecule is Fc1cc(NC[C@H]2CO2)ccc1N1CCOCC1. The first kappa shape index (κ1) is 11.7. The molecule has 0 aliphatic carbocycles. The van der Waals surface area contributed by atoms with Crippen LogP contribution in [0.25, 0.3) is 0 Å². The predicted octanol–water partition coefficient (Wildman–Crippen LogP) is 1.47. The molecule has 2 aliphatic rings. The van der Waals surface area contributed by atoms with Gasteiger partial charge in [0.25, 0.3) is 0 Å². The van der Waals surface area contributed by atoms with Gasteiger partial charge in [-0.25, -0.2) is 4.39 Å². The number of benzene rings is 1. The molecular weight excluding hydrogens is 235 g/mol. The zero-order valence-corrected chi connectivity index (χ0v) is 10.2. The molecule has 18 heavy (non-hydrogen) atoms. The molecule has 1 aromatic rings. The van der Waals surface area contributed by atoms with E-state index in [0.29, 0.717) is 25.0 Å². The predicted molar refractivity (Wildman–Crippen MR) is 67.7 cm³/mol. The third kappa shape index (κ3) is 2.73. The van der Waals surface area contributed by atoms with Gasteiger partial charge in [-0.15, -0.1) is 0 Å². The molecular formula is C13H17FN2O2. The zero-order chi connectivity index (χ0) is 12.4. The first-order valence-electron chi connectivity index (χ1n) is 6.30. The molecule has 1 N–H and O–H groups in total. The Hall–Kier alpha value is -1.33. The highest BCUT2D eigenvalue weighted by molar-refractivity contribution is 5.56. The highest BCUT2D eigenvalue weighted by Gasteiger charge is 2.22. The van der Waals surface area contributed by atoms with Gasteiger partial charge in [0.2, 0.25) is 0 Å². The van der Waals surface area contributed by atoms with E-state index in [9.17, 15) is 4.39 Å². The quantitative estimate of drug-likeness (QED) is 0.823. The molecule has 2 aliphatic heterocycles. The summed E-state index contributed by atoms with van der Waals surface area (Å²) in [5.74, 6) is -0.182. The Morgan fingerprint density at radius 3 is 2.78 bits per heavy atom. The van der Waals surface area contributed by atoms with Crippen LogP contribution in [0.3, 0.4) is 0 Å². The van der Waals surface area contributed by atoms with Gasteiger partial charge in [0.15, 0.2) is 0 Å². The highest BCUT2D eigenvalue weighted by atomic mass is 19.1. The third-order valence-corrected chi connectivity index (χ3v) is 3.24.